The molecule has 0 aliphatic carbocycles. The van der Waals surface area contributed by atoms with Crippen molar-refractivity contribution >= 4 is 11.9 Å². The molecule has 4 nitrogen and oxygen atoms in total. The smallest absolute Gasteiger partial charge is 0.310 e. The summed E-state index contributed by atoms with van der Waals surface area (Å²) < 4.78 is 0. The van der Waals surface area contributed by atoms with Gasteiger partial charge in [0.15, 0.2) is 0 Å². The number of unbranched alkanes of at least 4 members (excludes halogenated alkanes) is 1. The number of carboxylic acid groups (broad SMARTS) is 1. The van der Waals surface area contributed by atoms with Crippen molar-refractivity contribution in [2.75, 3.05) is 6.54 Å². The van der Waals surface area contributed by atoms with Crippen LogP contribution in [-0.2, 0) is 9.59 Å². The summed E-state index contributed by atoms with van der Waals surface area (Å²) in [6.07, 6.45) is 3.80. The van der Waals surface area contributed by atoms with Crippen LogP contribution >= 0.6 is 0 Å². The maximum Gasteiger partial charge on any atom is 0.310 e. The molecule has 1 atom stereocenters. The first-order chi connectivity index (χ1) is 7.85. The molecule has 1 amide bonds. The van der Waals surface area contributed by atoms with E-state index in [1.165, 1.54) is 0 Å². The number of aliphatic carboxylic acids is 1. The number of amides is 1. The summed E-state index contributed by atoms with van der Waals surface area (Å²) in [4.78, 5) is 22.7. The number of hydrogen-bond donors (Lipinski definition) is 2. The third-order valence-corrected chi connectivity index (χ3v) is 3.05. The molecule has 4 heteroatoms. The lowest BCUT2D eigenvalue weighted by Gasteiger charge is -2.21. The van der Waals surface area contributed by atoms with Crippen LogP contribution in [0.1, 0.15) is 53.4 Å². The Balaban J connectivity index is 4.19. The Kier molecular flexibility index (Phi) is 6.85. The zero-order valence-corrected chi connectivity index (χ0v) is 11.4. The van der Waals surface area contributed by atoms with Gasteiger partial charge in [0, 0.05) is 12.5 Å². The van der Waals surface area contributed by atoms with E-state index < -0.39 is 11.4 Å². The van der Waals surface area contributed by atoms with Crippen LogP contribution in [0.2, 0.25) is 0 Å². The quantitative estimate of drug-likeness (QED) is 0.688. The molecule has 17 heavy (non-hydrogen) atoms. The van der Waals surface area contributed by atoms with Gasteiger partial charge in [-0.3, -0.25) is 9.59 Å². The molecule has 0 fully saturated rings. The highest BCUT2D eigenvalue weighted by molar-refractivity contribution is 5.80. The second kappa shape index (κ2) is 7.30. The molecular formula is C13H25NO3. The van der Waals surface area contributed by atoms with E-state index in [4.69, 9.17) is 5.11 Å². The summed E-state index contributed by atoms with van der Waals surface area (Å²) in [5, 5.41) is 11.7. The average Bonchev–Trinajstić information content (AvgIpc) is 2.27. The fourth-order valence-electron chi connectivity index (χ4n) is 1.50. The zero-order chi connectivity index (χ0) is 13.5. The van der Waals surface area contributed by atoms with Gasteiger partial charge in [-0.15, -0.1) is 0 Å². The van der Waals surface area contributed by atoms with Crippen molar-refractivity contribution in [2.45, 2.75) is 53.4 Å². The SMILES string of the molecule is CCCCC(CC)C(=O)NCC(C)(C)C(=O)O. The Morgan fingerprint density at radius 3 is 2.29 bits per heavy atom. The van der Waals surface area contributed by atoms with Crippen molar-refractivity contribution in [3.05, 3.63) is 0 Å². The minimum absolute atomic E-state index is 0.0135. The second-order valence-corrected chi connectivity index (χ2v) is 5.15. The molecule has 0 saturated heterocycles. The highest BCUT2D eigenvalue weighted by Gasteiger charge is 2.28. The van der Waals surface area contributed by atoms with E-state index in [-0.39, 0.29) is 18.4 Å². The molecule has 0 aliphatic heterocycles. The van der Waals surface area contributed by atoms with Crippen molar-refractivity contribution in [1.29, 1.82) is 0 Å². The zero-order valence-electron chi connectivity index (χ0n) is 11.4. The summed E-state index contributed by atoms with van der Waals surface area (Å²) in [7, 11) is 0. The largest absolute Gasteiger partial charge is 0.481 e. The fourth-order valence-corrected chi connectivity index (χ4v) is 1.50. The molecule has 0 spiro atoms. The minimum Gasteiger partial charge on any atom is -0.481 e. The molecule has 0 bridgehead atoms. The lowest BCUT2D eigenvalue weighted by molar-refractivity contribution is -0.146. The van der Waals surface area contributed by atoms with Crippen molar-refractivity contribution in [1.82, 2.24) is 5.32 Å². The van der Waals surface area contributed by atoms with E-state index >= 15 is 0 Å². The Morgan fingerprint density at radius 1 is 1.29 bits per heavy atom. The maximum absolute atomic E-state index is 11.8. The van der Waals surface area contributed by atoms with Crippen LogP contribution < -0.4 is 5.32 Å². The number of hydrogen-bond acceptors (Lipinski definition) is 2. The van der Waals surface area contributed by atoms with Gasteiger partial charge in [0.1, 0.15) is 0 Å². The molecule has 2 N–H and O–H groups in total. The molecular weight excluding hydrogens is 218 g/mol. The summed E-state index contributed by atoms with van der Waals surface area (Å²) in [6, 6.07) is 0. The number of carboxylic acids is 1. The highest BCUT2D eigenvalue weighted by atomic mass is 16.4. The fraction of sp³-hybridized carbons (Fsp3) is 0.846. The van der Waals surface area contributed by atoms with Crippen molar-refractivity contribution in [3.8, 4) is 0 Å². The normalized spacial score (nSPS) is 13.2. The van der Waals surface area contributed by atoms with Gasteiger partial charge in [0.2, 0.25) is 5.91 Å². The number of carbonyl (C=O) groups is 2. The number of nitrogens with one attached hydrogen (secondary N) is 1. The van der Waals surface area contributed by atoms with E-state index in [1.807, 2.05) is 6.92 Å². The Labute approximate surface area is 104 Å². The third kappa shape index (κ3) is 5.71. The third-order valence-electron chi connectivity index (χ3n) is 3.05. The van der Waals surface area contributed by atoms with Gasteiger partial charge in [-0.2, -0.15) is 0 Å². The van der Waals surface area contributed by atoms with Gasteiger partial charge in [0.25, 0.3) is 0 Å². The molecule has 0 heterocycles. The maximum atomic E-state index is 11.8. The van der Waals surface area contributed by atoms with Crippen molar-refractivity contribution in [3.63, 3.8) is 0 Å². The van der Waals surface area contributed by atoms with Gasteiger partial charge in [-0.1, -0.05) is 26.7 Å². The predicted molar refractivity (Wildman–Crippen MR) is 67.7 cm³/mol. The predicted octanol–water partition coefficient (Wildman–Crippen LogP) is 2.43. The molecule has 0 saturated carbocycles. The Bertz CT molecular complexity index is 261. The molecule has 0 aromatic rings. The van der Waals surface area contributed by atoms with E-state index in [2.05, 4.69) is 12.2 Å². The number of rotatable bonds is 8. The van der Waals surface area contributed by atoms with Crippen LogP contribution in [0.3, 0.4) is 0 Å². The van der Waals surface area contributed by atoms with E-state index in [0.29, 0.717) is 0 Å². The van der Waals surface area contributed by atoms with Crippen LogP contribution in [0.5, 0.6) is 0 Å². The lowest BCUT2D eigenvalue weighted by Crippen LogP contribution is -2.41. The second-order valence-electron chi connectivity index (χ2n) is 5.15. The lowest BCUT2D eigenvalue weighted by atomic mass is 9.92. The molecule has 100 valence electrons. The van der Waals surface area contributed by atoms with E-state index in [9.17, 15) is 9.59 Å². The molecule has 0 aromatic heterocycles. The van der Waals surface area contributed by atoms with E-state index in [1.54, 1.807) is 13.8 Å². The molecule has 0 rings (SSSR count). The van der Waals surface area contributed by atoms with Gasteiger partial charge < -0.3 is 10.4 Å². The summed E-state index contributed by atoms with van der Waals surface area (Å²) in [5.74, 6) is -0.894. The first-order valence-electron chi connectivity index (χ1n) is 6.36. The molecule has 0 aliphatic rings. The Hall–Kier alpha value is -1.06. The van der Waals surface area contributed by atoms with Crippen molar-refractivity contribution in [2.24, 2.45) is 11.3 Å². The average molecular weight is 243 g/mol. The number of carbonyl (C=O) groups excluding carboxylic acids is 1. The van der Waals surface area contributed by atoms with Crippen LogP contribution in [0.4, 0.5) is 0 Å². The van der Waals surface area contributed by atoms with Gasteiger partial charge in [-0.25, -0.2) is 0 Å². The highest BCUT2D eigenvalue weighted by Crippen LogP contribution is 2.16. The molecule has 1 unspecified atom stereocenters. The van der Waals surface area contributed by atoms with Gasteiger partial charge >= 0.3 is 5.97 Å². The van der Waals surface area contributed by atoms with Crippen LogP contribution in [0.15, 0.2) is 0 Å². The van der Waals surface area contributed by atoms with E-state index in [0.717, 1.165) is 25.7 Å². The first-order valence-corrected chi connectivity index (χ1v) is 6.36. The van der Waals surface area contributed by atoms with Crippen LogP contribution in [0, 0.1) is 11.3 Å². The summed E-state index contributed by atoms with van der Waals surface area (Å²) in [6.45, 7) is 7.50. The van der Waals surface area contributed by atoms with Crippen LogP contribution in [-0.4, -0.2) is 23.5 Å². The summed E-state index contributed by atoms with van der Waals surface area (Å²) in [5.41, 5.74) is -0.904. The Morgan fingerprint density at radius 2 is 1.88 bits per heavy atom. The minimum atomic E-state index is -0.904. The first kappa shape index (κ1) is 15.9. The molecule has 0 radical (unpaired) electrons. The van der Waals surface area contributed by atoms with Crippen molar-refractivity contribution < 1.29 is 14.7 Å². The monoisotopic (exact) mass is 243 g/mol. The summed E-state index contributed by atoms with van der Waals surface area (Å²) >= 11 is 0. The standard InChI is InChI=1S/C13H25NO3/c1-5-7-8-10(6-2)11(15)14-9-13(3,4)12(16)17/h10H,5-9H2,1-4H3,(H,14,15)(H,16,17). The molecule has 0 aromatic carbocycles. The van der Waals surface area contributed by atoms with Gasteiger partial charge in [0.05, 0.1) is 5.41 Å². The topological polar surface area (TPSA) is 66.4 Å². The van der Waals surface area contributed by atoms with Gasteiger partial charge in [-0.05, 0) is 26.7 Å². The van der Waals surface area contributed by atoms with Crippen LogP contribution in [0.25, 0.3) is 0 Å².